The van der Waals surface area contributed by atoms with Crippen molar-refractivity contribution in [2.45, 2.75) is 39.2 Å². The van der Waals surface area contributed by atoms with Crippen LogP contribution in [0.5, 0.6) is 0 Å². The van der Waals surface area contributed by atoms with Crippen LogP contribution in [0.2, 0.25) is 0 Å². The maximum Gasteiger partial charge on any atom is 0.309 e. The average molecular weight is 198 g/mol. The van der Waals surface area contributed by atoms with Gasteiger partial charge in [-0.2, -0.15) is 0 Å². The lowest BCUT2D eigenvalue weighted by atomic mass is 10.1. The fraction of sp³-hybridized carbons (Fsp3) is 0.727. The monoisotopic (exact) mass is 198 g/mol. The number of hydrogen-bond donors (Lipinski definition) is 0. The summed E-state index contributed by atoms with van der Waals surface area (Å²) < 4.78 is 9.92. The molecule has 1 heterocycles. The molecular formula is C11H18O3. The zero-order chi connectivity index (χ0) is 10.4. The fourth-order valence-corrected chi connectivity index (χ4v) is 1.16. The van der Waals surface area contributed by atoms with Crippen molar-refractivity contribution in [3.63, 3.8) is 0 Å². The molecule has 14 heavy (non-hydrogen) atoms. The Balaban J connectivity index is 2.08. The van der Waals surface area contributed by atoms with E-state index < -0.39 is 0 Å². The minimum atomic E-state index is -0.157. The summed E-state index contributed by atoms with van der Waals surface area (Å²) in [4.78, 5) is 11.2. The van der Waals surface area contributed by atoms with Gasteiger partial charge in [0.25, 0.3) is 0 Å². The molecule has 1 unspecified atom stereocenters. The Hall–Kier alpha value is -0.830. The minimum Gasteiger partial charge on any atom is -0.463 e. The van der Waals surface area contributed by atoms with Crippen LogP contribution in [0, 0.1) is 0 Å². The average Bonchev–Trinajstić information content (AvgIpc) is 2.95. The molecule has 0 aromatic heterocycles. The molecule has 1 atom stereocenters. The maximum absolute atomic E-state index is 11.2. The molecule has 3 nitrogen and oxygen atoms in total. The molecule has 1 aliphatic heterocycles. The van der Waals surface area contributed by atoms with E-state index in [1.54, 1.807) is 0 Å². The van der Waals surface area contributed by atoms with Crippen molar-refractivity contribution in [3.05, 3.63) is 11.6 Å². The quantitative estimate of drug-likeness (QED) is 0.372. The third kappa shape index (κ3) is 5.02. The van der Waals surface area contributed by atoms with E-state index in [0.717, 1.165) is 19.4 Å². The van der Waals surface area contributed by atoms with E-state index in [0.29, 0.717) is 13.0 Å². The van der Waals surface area contributed by atoms with Gasteiger partial charge < -0.3 is 9.47 Å². The summed E-state index contributed by atoms with van der Waals surface area (Å²) in [6, 6.07) is 0. The molecule has 0 amide bonds. The molecule has 0 radical (unpaired) electrons. The first-order valence-corrected chi connectivity index (χ1v) is 5.15. The van der Waals surface area contributed by atoms with Crippen LogP contribution < -0.4 is 0 Å². The SMILES string of the molecule is CCCC(C)=CCC(=O)OCC1CO1. The molecule has 0 aliphatic carbocycles. The second-order valence-electron chi connectivity index (χ2n) is 3.64. The zero-order valence-electron chi connectivity index (χ0n) is 8.91. The van der Waals surface area contributed by atoms with E-state index in [4.69, 9.17) is 9.47 Å². The third-order valence-electron chi connectivity index (χ3n) is 2.09. The van der Waals surface area contributed by atoms with Gasteiger partial charge in [-0.3, -0.25) is 4.79 Å². The second-order valence-corrected chi connectivity index (χ2v) is 3.64. The van der Waals surface area contributed by atoms with Crippen LogP contribution in [-0.2, 0) is 14.3 Å². The highest BCUT2D eigenvalue weighted by atomic mass is 16.6. The first kappa shape index (κ1) is 11.2. The summed E-state index contributed by atoms with van der Waals surface area (Å²) >= 11 is 0. The first-order chi connectivity index (χ1) is 6.72. The Bertz CT molecular complexity index is 217. The van der Waals surface area contributed by atoms with Crippen molar-refractivity contribution < 1.29 is 14.3 Å². The molecule has 0 aromatic rings. The Morgan fingerprint density at radius 1 is 1.64 bits per heavy atom. The molecular weight excluding hydrogens is 180 g/mol. The molecule has 1 saturated heterocycles. The maximum atomic E-state index is 11.2. The lowest BCUT2D eigenvalue weighted by Crippen LogP contribution is -2.08. The summed E-state index contributed by atoms with van der Waals surface area (Å²) in [5.41, 5.74) is 1.26. The van der Waals surface area contributed by atoms with Gasteiger partial charge in [-0.15, -0.1) is 0 Å². The van der Waals surface area contributed by atoms with Crippen LogP contribution in [0.15, 0.2) is 11.6 Å². The van der Waals surface area contributed by atoms with Crippen LogP contribution in [0.3, 0.4) is 0 Å². The molecule has 0 bridgehead atoms. The Morgan fingerprint density at radius 2 is 2.36 bits per heavy atom. The van der Waals surface area contributed by atoms with Crippen molar-refractivity contribution in [1.82, 2.24) is 0 Å². The molecule has 0 saturated carbocycles. The van der Waals surface area contributed by atoms with Gasteiger partial charge in [0.1, 0.15) is 12.7 Å². The Labute approximate surface area is 85.1 Å². The van der Waals surface area contributed by atoms with Gasteiger partial charge in [0.2, 0.25) is 0 Å². The lowest BCUT2D eigenvalue weighted by Gasteiger charge is -2.00. The van der Waals surface area contributed by atoms with Crippen molar-refractivity contribution in [3.8, 4) is 0 Å². The molecule has 0 aromatic carbocycles. The predicted molar refractivity (Wildman–Crippen MR) is 54.0 cm³/mol. The van der Waals surface area contributed by atoms with Crippen molar-refractivity contribution in [2.24, 2.45) is 0 Å². The summed E-state index contributed by atoms with van der Waals surface area (Å²) in [6.07, 6.45) is 4.67. The molecule has 80 valence electrons. The summed E-state index contributed by atoms with van der Waals surface area (Å²) in [5, 5.41) is 0. The number of epoxide rings is 1. The second kappa shape index (κ2) is 5.81. The van der Waals surface area contributed by atoms with Crippen LogP contribution in [-0.4, -0.2) is 25.3 Å². The number of carbonyl (C=O) groups excluding carboxylic acids is 1. The molecule has 3 heteroatoms. The normalized spacial score (nSPS) is 20.7. The van der Waals surface area contributed by atoms with Gasteiger partial charge >= 0.3 is 5.97 Å². The van der Waals surface area contributed by atoms with Crippen LogP contribution in [0.4, 0.5) is 0 Å². The van der Waals surface area contributed by atoms with E-state index in [1.807, 2.05) is 13.0 Å². The van der Waals surface area contributed by atoms with E-state index in [-0.39, 0.29) is 12.1 Å². The lowest BCUT2D eigenvalue weighted by molar-refractivity contribution is -0.143. The molecule has 1 fully saturated rings. The number of allylic oxidation sites excluding steroid dienone is 1. The third-order valence-corrected chi connectivity index (χ3v) is 2.09. The van der Waals surface area contributed by atoms with Crippen LogP contribution in [0.1, 0.15) is 33.1 Å². The standard InChI is InChI=1S/C11H18O3/c1-3-4-9(2)5-6-11(12)14-8-10-7-13-10/h5,10H,3-4,6-8H2,1-2H3. The van der Waals surface area contributed by atoms with E-state index in [1.165, 1.54) is 5.57 Å². The predicted octanol–water partition coefficient (Wildman–Crippen LogP) is 2.06. The number of esters is 1. The molecule has 1 aliphatic rings. The number of hydrogen-bond acceptors (Lipinski definition) is 3. The topological polar surface area (TPSA) is 38.8 Å². The van der Waals surface area contributed by atoms with Gasteiger partial charge in [-0.25, -0.2) is 0 Å². The summed E-state index contributed by atoms with van der Waals surface area (Å²) in [5.74, 6) is -0.157. The van der Waals surface area contributed by atoms with Gasteiger partial charge in [-0.05, 0) is 13.3 Å². The highest BCUT2D eigenvalue weighted by Crippen LogP contribution is 2.09. The van der Waals surface area contributed by atoms with E-state index in [2.05, 4.69) is 6.92 Å². The summed E-state index contributed by atoms with van der Waals surface area (Å²) in [6.45, 7) is 5.32. The Kier molecular flexibility index (Phi) is 4.66. The minimum absolute atomic E-state index is 0.157. The van der Waals surface area contributed by atoms with Crippen molar-refractivity contribution in [2.75, 3.05) is 13.2 Å². The van der Waals surface area contributed by atoms with E-state index >= 15 is 0 Å². The largest absolute Gasteiger partial charge is 0.463 e. The summed E-state index contributed by atoms with van der Waals surface area (Å²) in [7, 11) is 0. The van der Waals surface area contributed by atoms with Crippen molar-refractivity contribution in [1.29, 1.82) is 0 Å². The van der Waals surface area contributed by atoms with Gasteiger partial charge in [0, 0.05) is 0 Å². The molecule has 0 N–H and O–H groups in total. The van der Waals surface area contributed by atoms with Crippen LogP contribution >= 0.6 is 0 Å². The molecule has 1 rings (SSSR count). The highest BCUT2D eigenvalue weighted by Gasteiger charge is 2.23. The van der Waals surface area contributed by atoms with Gasteiger partial charge in [-0.1, -0.05) is 25.0 Å². The number of carbonyl (C=O) groups is 1. The smallest absolute Gasteiger partial charge is 0.309 e. The first-order valence-electron chi connectivity index (χ1n) is 5.15. The molecule has 0 spiro atoms. The van der Waals surface area contributed by atoms with Gasteiger partial charge in [0.15, 0.2) is 0 Å². The highest BCUT2D eigenvalue weighted by molar-refractivity contribution is 5.71. The Morgan fingerprint density at radius 3 is 2.93 bits per heavy atom. The number of ether oxygens (including phenoxy) is 2. The fourth-order valence-electron chi connectivity index (χ4n) is 1.16. The van der Waals surface area contributed by atoms with Crippen LogP contribution in [0.25, 0.3) is 0 Å². The van der Waals surface area contributed by atoms with Gasteiger partial charge in [0.05, 0.1) is 13.0 Å². The number of rotatable bonds is 6. The van der Waals surface area contributed by atoms with Crippen molar-refractivity contribution >= 4 is 5.97 Å². The van der Waals surface area contributed by atoms with E-state index in [9.17, 15) is 4.79 Å². The zero-order valence-corrected chi connectivity index (χ0v) is 8.91.